The molecule has 0 spiro atoms. The predicted molar refractivity (Wildman–Crippen MR) is 155 cm³/mol. The standard InChI is InChI=1S/C30H41N3O8S/c1-19(2)16-32(42(36,37)23-7-5-6-21(31)15-23)17-26-25(14-20-8-10-22(34)11-9-20)33(30(3,4)41-26)29(35)40-27-18-39-28-24(27)12-13-38-28/h5-11,15,19,24-28,34H,12-14,16-18,31H2,1-4H3/t24-,25-,26+,27-,28+/m0/s1. The third-order valence-corrected chi connectivity index (χ3v) is 9.87. The molecule has 3 aliphatic heterocycles. The molecule has 1 amide bonds. The number of nitrogens with two attached hydrogens (primary N) is 1. The van der Waals surface area contributed by atoms with Crippen LogP contribution in [0.1, 0.15) is 39.7 Å². The van der Waals surface area contributed by atoms with Crippen LogP contribution in [0.25, 0.3) is 0 Å². The van der Waals surface area contributed by atoms with E-state index in [4.69, 9.17) is 24.7 Å². The summed E-state index contributed by atoms with van der Waals surface area (Å²) in [5.41, 5.74) is 6.03. The molecule has 5 rings (SSSR count). The van der Waals surface area contributed by atoms with E-state index in [1.54, 1.807) is 55.1 Å². The second-order valence-corrected chi connectivity index (χ2v) is 14.1. The molecule has 2 aromatic carbocycles. The number of carbonyl (C=O) groups excluding carboxylic acids is 1. The second kappa shape index (κ2) is 12.0. The van der Waals surface area contributed by atoms with Gasteiger partial charge < -0.3 is 29.8 Å². The Morgan fingerprint density at radius 2 is 1.93 bits per heavy atom. The number of aromatic hydroxyl groups is 1. The molecular weight excluding hydrogens is 562 g/mol. The first kappa shape index (κ1) is 30.6. The molecule has 0 bridgehead atoms. The summed E-state index contributed by atoms with van der Waals surface area (Å²) in [6.45, 7) is 8.52. The molecule has 0 saturated carbocycles. The van der Waals surface area contributed by atoms with Crippen molar-refractivity contribution in [3.8, 4) is 5.75 Å². The fourth-order valence-electron chi connectivity index (χ4n) is 6.12. The Kier molecular flexibility index (Phi) is 8.73. The molecule has 0 aliphatic carbocycles. The molecular formula is C30H41N3O8S. The van der Waals surface area contributed by atoms with Gasteiger partial charge in [0.2, 0.25) is 10.0 Å². The summed E-state index contributed by atoms with van der Waals surface area (Å²) in [4.78, 5) is 15.5. The molecule has 3 heterocycles. The molecule has 3 fully saturated rings. The Morgan fingerprint density at radius 1 is 1.19 bits per heavy atom. The largest absolute Gasteiger partial charge is 0.508 e. The maximum absolute atomic E-state index is 13.9. The van der Waals surface area contributed by atoms with Crippen molar-refractivity contribution in [3.63, 3.8) is 0 Å². The van der Waals surface area contributed by atoms with E-state index in [9.17, 15) is 18.3 Å². The number of phenols is 1. The maximum Gasteiger partial charge on any atom is 0.412 e. The van der Waals surface area contributed by atoms with Gasteiger partial charge >= 0.3 is 6.09 Å². The topological polar surface area (TPSA) is 141 Å². The summed E-state index contributed by atoms with van der Waals surface area (Å²) < 4.78 is 53.0. The van der Waals surface area contributed by atoms with Gasteiger partial charge in [-0.3, -0.25) is 4.90 Å². The number of phenolic OH excluding ortho intramolecular Hbond substituents is 1. The van der Waals surface area contributed by atoms with Crippen LogP contribution in [0.3, 0.4) is 0 Å². The molecule has 3 saturated heterocycles. The van der Waals surface area contributed by atoms with Crippen molar-refractivity contribution in [2.75, 3.05) is 32.0 Å². The number of hydrogen-bond donors (Lipinski definition) is 2. The van der Waals surface area contributed by atoms with Crippen molar-refractivity contribution in [1.82, 2.24) is 9.21 Å². The van der Waals surface area contributed by atoms with Gasteiger partial charge in [-0.05, 0) is 68.5 Å². The first-order valence-corrected chi connectivity index (χ1v) is 15.8. The van der Waals surface area contributed by atoms with Crippen LogP contribution in [-0.2, 0) is 35.4 Å². The Balaban J connectivity index is 1.46. The minimum absolute atomic E-state index is 0.0103. The summed E-state index contributed by atoms with van der Waals surface area (Å²) in [5, 5.41) is 9.83. The SMILES string of the molecule is CC(C)CN(C[C@H]1OC(C)(C)N(C(=O)O[C@H]2CO[C@H]3OCC[C@H]32)[C@H]1Cc1ccc(O)cc1)S(=O)(=O)c1cccc(N)c1. The van der Waals surface area contributed by atoms with E-state index in [0.717, 1.165) is 12.0 Å². The van der Waals surface area contributed by atoms with Gasteiger partial charge in [-0.2, -0.15) is 4.31 Å². The van der Waals surface area contributed by atoms with Crippen LogP contribution in [0.15, 0.2) is 53.4 Å². The van der Waals surface area contributed by atoms with Crippen LogP contribution in [-0.4, -0.2) is 85.4 Å². The molecule has 0 aromatic heterocycles. The highest BCUT2D eigenvalue weighted by Crippen LogP contribution is 2.38. The number of sulfonamides is 1. The first-order valence-electron chi connectivity index (χ1n) is 14.4. The zero-order valence-electron chi connectivity index (χ0n) is 24.5. The average Bonchev–Trinajstić information content (AvgIpc) is 3.59. The molecule has 2 aromatic rings. The zero-order valence-corrected chi connectivity index (χ0v) is 25.3. The molecule has 3 aliphatic rings. The Labute approximate surface area is 247 Å². The molecule has 11 nitrogen and oxygen atoms in total. The number of ether oxygens (including phenoxy) is 4. The van der Waals surface area contributed by atoms with Gasteiger partial charge in [-0.25, -0.2) is 13.2 Å². The summed E-state index contributed by atoms with van der Waals surface area (Å²) in [7, 11) is -3.94. The molecule has 5 atom stereocenters. The third kappa shape index (κ3) is 6.37. The number of nitrogens with zero attached hydrogens (tertiary/aromatic N) is 2. The first-order chi connectivity index (χ1) is 19.8. The number of anilines is 1. The normalized spacial score (nSPS) is 27.1. The molecule has 0 radical (unpaired) electrons. The quantitative estimate of drug-likeness (QED) is 0.412. The van der Waals surface area contributed by atoms with Crippen molar-refractivity contribution in [2.24, 2.45) is 11.8 Å². The van der Waals surface area contributed by atoms with Gasteiger partial charge in [0, 0.05) is 18.8 Å². The summed E-state index contributed by atoms with van der Waals surface area (Å²) in [6, 6.07) is 12.4. The summed E-state index contributed by atoms with van der Waals surface area (Å²) in [6.07, 6.45) is -0.953. The minimum Gasteiger partial charge on any atom is -0.508 e. The van der Waals surface area contributed by atoms with Crippen molar-refractivity contribution in [2.45, 2.75) is 75.7 Å². The zero-order chi connectivity index (χ0) is 30.2. The van der Waals surface area contributed by atoms with Gasteiger partial charge in [0.25, 0.3) is 0 Å². The number of rotatable bonds is 9. The molecule has 0 unspecified atom stereocenters. The number of fused-ring (bicyclic) bond motifs is 1. The molecule has 12 heteroatoms. The second-order valence-electron chi connectivity index (χ2n) is 12.1. The van der Waals surface area contributed by atoms with E-state index in [2.05, 4.69) is 0 Å². The van der Waals surface area contributed by atoms with Crippen molar-refractivity contribution in [1.29, 1.82) is 0 Å². The highest BCUT2D eigenvalue weighted by Gasteiger charge is 2.53. The lowest BCUT2D eigenvalue weighted by atomic mass is 9.99. The summed E-state index contributed by atoms with van der Waals surface area (Å²) >= 11 is 0. The van der Waals surface area contributed by atoms with Gasteiger partial charge in [-0.15, -0.1) is 0 Å². The molecule has 42 heavy (non-hydrogen) atoms. The highest BCUT2D eigenvalue weighted by atomic mass is 32.2. The van der Waals surface area contributed by atoms with Crippen molar-refractivity contribution in [3.05, 3.63) is 54.1 Å². The van der Waals surface area contributed by atoms with Crippen LogP contribution in [0.4, 0.5) is 10.5 Å². The van der Waals surface area contributed by atoms with Gasteiger partial charge in [0.1, 0.15) is 17.6 Å². The number of amides is 1. The van der Waals surface area contributed by atoms with E-state index in [1.807, 2.05) is 13.8 Å². The third-order valence-electron chi connectivity index (χ3n) is 8.04. The highest BCUT2D eigenvalue weighted by molar-refractivity contribution is 7.89. The Bertz CT molecular complexity index is 1370. The lowest BCUT2D eigenvalue weighted by Crippen LogP contribution is -2.51. The van der Waals surface area contributed by atoms with Crippen molar-refractivity contribution < 1.29 is 37.3 Å². The van der Waals surface area contributed by atoms with Crippen LogP contribution < -0.4 is 5.73 Å². The van der Waals surface area contributed by atoms with Gasteiger partial charge in [0.15, 0.2) is 6.29 Å². The smallest absolute Gasteiger partial charge is 0.412 e. The average molecular weight is 604 g/mol. The Hall–Kier alpha value is -2.90. The lowest BCUT2D eigenvalue weighted by Gasteiger charge is -2.34. The van der Waals surface area contributed by atoms with Crippen LogP contribution in [0, 0.1) is 11.8 Å². The number of nitrogen functional groups attached to an aromatic ring is 1. The van der Waals surface area contributed by atoms with Gasteiger partial charge in [-0.1, -0.05) is 32.0 Å². The van der Waals surface area contributed by atoms with Crippen molar-refractivity contribution >= 4 is 21.8 Å². The predicted octanol–water partition coefficient (Wildman–Crippen LogP) is 3.57. The van der Waals surface area contributed by atoms with Crippen LogP contribution in [0.5, 0.6) is 5.75 Å². The lowest BCUT2D eigenvalue weighted by molar-refractivity contribution is -0.0911. The summed E-state index contributed by atoms with van der Waals surface area (Å²) in [5.74, 6) is 0.119. The van der Waals surface area contributed by atoms with E-state index in [0.29, 0.717) is 18.7 Å². The number of hydrogen-bond acceptors (Lipinski definition) is 9. The monoisotopic (exact) mass is 603 g/mol. The van der Waals surface area contributed by atoms with E-state index >= 15 is 0 Å². The van der Waals surface area contributed by atoms with Crippen LogP contribution in [0.2, 0.25) is 0 Å². The van der Waals surface area contributed by atoms with E-state index in [1.165, 1.54) is 16.4 Å². The van der Waals surface area contributed by atoms with Crippen LogP contribution >= 0.6 is 0 Å². The Morgan fingerprint density at radius 3 is 2.62 bits per heavy atom. The molecule has 3 N–H and O–H groups in total. The fraction of sp³-hybridized carbons (Fsp3) is 0.567. The maximum atomic E-state index is 13.9. The number of benzene rings is 2. The van der Waals surface area contributed by atoms with E-state index in [-0.39, 0.29) is 48.5 Å². The molecule has 230 valence electrons. The fourth-order valence-corrected chi connectivity index (χ4v) is 7.79. The van der Waals surface area contributed by atoms with E-state index < -0.39 is 40.1 Å². The minimum atomic E-state index is -3.94. The number of carbonyl (C=O) groups is 1. The van der Waals surface area contributed by atoms with Gasteiger partial charge in [0.05, 0.1) is 36.2 Å².